The average Bonchev–Trinajstić information content (AvgIpc) is 2.25. The van der Waals surface area contributed by atoms with Crippen LogP contribution in [0.5, 0.6) is 0 Å². The van der Waals surface area contributed by atoms with Gasteiger partial charge in [0.25, 0.3) is 0 Å². The third-order valence-corrected chi connectivity index (χ3v) is 2.62. The van der Waals surface area contributed by atoms with E-state index in [2.05, 4.69) is 0 Å². The summed E-state index contributed by atoms with van der Waals surface area (Å²) in [6.07, 6.45) is 0.0665. The normalized spacial score (nSPS) is 12.4. The number of hydrogen-bond donors (Lipinski definition) is 1. The quantitative estimate of drug-likeness (QED) is 0.776. The molecule has 3 nitrogen and oxygen atoms in total. The zero-order valence-corrected chi connectivity index (χ0v) is 9.51. The predicted molar refractivity (Wildman–Crippen MR) is 61.4 cm³/mol. The molecule has 0 aromatic heterocycles. The lowest BCUT2D eigenvalue weighted by Crippen LogP contribution is -2.23. The highest BCUT2D eigenvalue weighted by Gasteiger charge is 2.24. The number of hydrogen-bond acceptors (Lipinski definition) is 2. The highest BCUT2D eigenvalue weighted by atomic mass is 16.4. The first kappa shape index (κ1) is 12.4. The maximum Gasteiger partial charge on any atom is 0.307 e. The van der Waals surface area contributed by atoms with E-state index in [1.54, 1.807) is 24.3 Å². The highest BCUT2D eigenvalue weighted by Crippen LogP contribution is 2.18. The molecule has 0 aliphatic carbocycles. The summed E-state index contributed by atoms with van der Waals surface area (Å²) in [5, 5.41) is 8.99. The number of carboxylic acids is 1. The average molecular weight is 220 g/mol. The van der Waals surface area contributed by atoms with Gasteiger partial charge >= 0.3 is 5.97 Å². The Morgan fingerprint density at radius 3 is 2.19 bits per heavy atom. The van der Waals surface area contributed by atoms with Gasteiger partial charge in [-0.15, -0.1) is 0 Å². The summed E-state index contributed by atoms with van der Waals surface area (Å²) < 4.78 is 0. The van der Waals surface area contributed by atoms with Crippen LogP contribution in [0, 0.1) is 11.8 Å². The maximum absolute atomic E-state index is 11.8. The van der Waals surface area contributed by atoms with E-state index in [4.69, 9.17) is 5.11 Å². The van der Waals surface area contributed by atoms with Crippen LogP contribution in [0.1, 0.15) is 30.6 Å². The molecule has 3 heteroatoms. The lowest BCUT2D eigenvalue weighted by molar-refractivity contribution is -0.143. The molecule has 1 N–H and O–H groups in total. The molecule has 0 saturated carbocycles. The predicted octanol–water partition coefficient (Wildman–Crippen LogP) is 2.62. The van der Waals surface area contributed by atoms with E-state index in [1.165, 1.54) is 0 Å². The molecule has 86 valence electrons. The van der Waals surface area contributed by atoms with Gasteiger partial charge in [0.15, 0.2) is 5.78 Å². The van der Waals surface area contributed by atoms with Crippen molar-refractivity contribution in [3.63, 3.8) is 0 Å². The molecule has 16 heavy (non-hydrogen) atoms. The Morgan fingerprint density at radius 1 is 1.19 bits per heavy atom. The van der Waals surface area contributed by atoms with E-state index in [0.29, 0.717) is 5.56 Å². The van der Waals surface area contributed by atoms with Crippen LogP contribution >= 0.6 is 0 Å². The number of benzene rings is 1. The summed E-state index contributed by atoms with van der Waals surface area (Å²) in [4.78, 5) is 22.8. The fourth-order valence-electron chi connectivity index (χ4n) is 1.55. The van der Waals surface area contributed by atoms with Gasteiger partial charge in [0, 0.05) is 12.0 Å². The largest absolute Gasteiger partial charge is 0.481 e. The van der Waals surface area contributed by atoms with Gasteiger partial charge in [0.05, 0.1) is 5.92 Å². The van der Waals surface area contributed by atoms with Crippen LogP contribution in [0.2, 0.25) is 0 Å². The lowest BCUT2D eigenvalue weighted by atomic mass is 9.89. The molecular formula is C13H16O3. The minimum Gasteiger partial charge on any atom is -0.481 e. The molecule has 0 radical (unpaired) electrons. The Hall–Kier alpha value is -1.64. The number of carboxylic acid groups (broad SMARTS) is 1. The Labute approximate surface area is 95.1 Å². The van der Waals surface area contributed by atoms with Gasteiger partial charge < -0.3 is 5.11 Å². The molecule has 0 fully saturated rings. The van der Waals surface area contributed by atoms with Crippen molar-refractivity contribution in [2.45, 2.75) is 20.3 Å². The number of Topliss-reactive ketones (excluding diaryl/α,β-unsaturated/α-hetero) is 1. The van der Waals surface area contributed by atoms with Crippen molar-refractivity contribution in [1.29, 1.82) is 0 Å². The number of rotatable bonds is 5. The fraction of sp³-hybridized carbons (Fsp3) is 0.385. The van der Waals surface area contributed by atoms with Gasteiger partial charge in [0.1, 0.15) is 0 Å². The number of carbonyl (C=O) groups excluding carboxylic acids is 1. The third-order valence-electron chi connectivity index (χ3n) is 2.62. The Kier molecular flexibility index (Phi) is 4.23. The SMILES string of the molecule is CC(C)[C@@H](CC(=O)c1ccccc1)C(=O)O. The summed E-state index contributed by atoms with van der Waals surface area (Å²) in [6.45, 7) is 3.63. The molecular weight excluding hydrogens is 204 g/mol. The molecule has 1 aromatic rings. The van der Waals surface area contributed by atoms with Crippen molar-refractivity contribution in [2.75, 3.05) is 0 Å². The molecule has 0 bridgehead atoms. The van der Waals surface area contributed by atoms with Crippen molar-refractivity contribution in [3.8, 4) is 0 Å². The second-order valence-corrected chi connectivity index (χ2v) is 4.18. The molecule has 1 rings (SSSR count). The van der Waals surface area contributed by atoms with Gasteiger partial charge in [-0.05, 0) is 5.92 Å². The number of ketones is 1. The van der Waals surface area contributed by atoms with Crippen LogP contribution < -0.4 is 0 Å². The number of aliphatic carboxylic acids is 1. The van der Waals surface area contributed by atoms with E-state index in [-0.39, 0.29) is 18.1 Å². The van der Waals surface area contributed by atoms with Gasteiger partial charge in [0.2, 0.25) is 0 Å². The van der Waals surface area contributed by atoms with E-state index in [9.17, 15) is 9.59 Å². The van der Waals surface area contributed by atoms with Crippen LogP contribution in [0.25, 0.3) is 0 Å². The smallest absolute Gasteiger partial charge is 0.307 e. The summed E-state index contributed by atoms with van der Waals surface area (Å²) in [7, 11) is 0. The van der Waals surface area contributed by atoms with Gasteiger partial charge in [-0.25, -0.2) is 0 Å². The summed E-state index contributed by atoms with van der Waals surface area (Å²) >= 11 is 0. The van der Waals surface area contributed by atoms with Crippen LogP contribution in [0.3, 0.4) is 0 Å². The van der Waals surface area contributed by atoms with Crippen molar-refractivity contribution >= 4 is 11.8 Å². The molecule has 0 aliphatic heterocycles. The van der Waals surface area contributed by atoms with Crippen molar-refractivity contribution in [3.05, 3.63) is 35.9 Å². The third kappa shape index (κ3) is 3.19. The van der Waals surface area contributed by atoms with Crippen molar-refractivity contribution < 1.29 is 14.7 Å². The van der Waals surface area contributed by atoms with Crippen LogP contribution in [-0.2, 0) is 4.79 Å². The first-order valence-corrected chi connectivity index (χ1v) is 5.33. The fourth-order valence-corrected chi connectivity index (χ4v) is 1.55. The number of carbonyl (C=O) groups is 2. The summed E-state index contributed by atoms with van der Waals surface area (Å²) in [5.74, 6) is -1.65. The van der Waals surface area contributed by atoms with Crippen LogP contribution in [0.15, 0.2) is 30.3 Å². The van der Waals surface area contributed by atoms with E-state index < -0.39 is 11.9 Å². The first-order valence-electron chi connectivity index (χ1n) is 5.33. The topological polar surface area (TPSA) is 54.4 Å². The Morgan fingerprint density at radius 2 is 1.75 bits per heavy atom. The molecule has 0 heterocycles. The molecule has 1 aromatic carbocycles. The summed E-state index contributed by atoms with van der Waals surface area (Å²) in [6, 6.07) is 8.80. The van der Waals surface area contributed by atoms with E-state index in [0.717, 1.165) is 0 Å². The Balaban J connectivity index is 2.74. The lowest BCUT2D eigenvalue weighted by Gasteiger charge is -2.14. The monoisotopic (exact) mass is 220 g/mol. The zero-order chi connectivity index (χ0) is 12.1. The summed E-state index contributed by atoms with van der Waals surface area (Å²) in [5.41, 5.74) is 0.578. The van der Waals surface area contributed by atoms with Crippen LogP contribution in [-0.4, -0.2) is 16.9 Å². The minimum absolute atomic E-state index is 0.0369. The van der Waals surface area contributed by atoms with Gasteiger partial charge in [-0.1, -0.05) is 44.2 Å². The molecule has 0 aliphatic rings. The molecule has 0 amide bonds. The van der Waals surface area contributed by atoms with Crippen molar-refractivity contribution in [2.24, 2.45) is 11.8 Å². The van der Waals surface area contributed by atoms with E-state index >= 15 is 0 Å². The second-order valence-electron chi connectivity index (χ2n) is 4.18. The molecule has 0 unspecified atom stereocenters. The van der Waals surface area contributed by atoms with Crippen LogP contribution in [0.4, 0.5) is 0 Å². The minimum atomic E-state index is -0.903. The molecule has 0 spiro atoms. The maximum atomic E-state index is 11.8. The second kappa shape index (κ2) is 5.45. The Bertz CT molecular complexity index is 368. The van der Waals surface area contributed by atoms with Gasteiger partial charge in [-0.2, -0.15) is 0 Å². The molecule has 1 atom stereocenters. The van der Waals surface area contributed by atoms with E-state index in [1.807, 2.05) is 19.9 Å². The standard InChI is InChI=1S/C13H16O3/c1-9(2)11(13(15)16)8-12(14)10-6-4-3-5-7-10/h3-7,9,11H,8H2,1-2H3,(H,15,16)/t11-/m1/s1. The first-order chi connectivity index (χ1) is 7.52. The zero-order valence-electron chi connectivity index (χ0n) is 9.51. The van der Waals surface area contributed by atoms with Crippen molar-refractivity contribution in [1.82, 2.24) is 0 Å². The molecule has 0 saturated heterocycles. The highest BCUT2D eigenvalue weighted by molar-refractivity contribution is 5.97. The van der Waals surface area contributed by atoms with Gasteiger partial charge in [-0.3, -0.25) is 9.59 Å².